The van der Waals surface area contributed by atoms with Crippen LogP contribution in [0.1, 0.15) is 11.3 Å². The summed E-state index contributed by atoms with van der Waals surface area (Å²) in [6, 6.07) is 1.76. The van der Waals surface area contributed by atoms with Crippen molar-refractivity contribution in [3.05, 3.63) is 33.9 Å². The predicted molar refractivity (Wildman–Crippen MR) is 44.3 cm³/mol. The van der Waals surface area contributed by atoms with Gasteiger partial charge in [0.2, 0.25) is 0 Å². The molecule has 1 aliphatic heterocycles. The minimum atomic E-state index is -0.0532. The molecule has 1 N–H and O–H groups in total. The van der Waals surface area contributed by atoms with Crippen LogP contribution in [0.5, 0.6) is 0 Å². The third-order valence-electron chi connectivity index (χ3n) is 2.21. The molecule has 13 heavy (non-hydrogen) atoms. The first-order valence-electron chi connectivity index (χ1n) is 4.02. The average molecular weight is 177 g/mol. The van der Waals surface area contributed by atoms with Gasteiger partial charge in [-0.1, -0.05) is 0 Å². The van der Waals surface area contributed by atoms with Gasteiger partial charge in [-0.15, -0.1) is 0 Å². The lowest BCUT2D eigenvalue weighted by molar-refractivity contribution is 0.133. The number of aromatic nitrogens is 3. The first kappa shape index (κ1) is 6.85. The van der Waals surface area contributed by atoms with E-state index in [9.17, 15) is 4.79 Å². The molecule has 0 bridgehead atoms. The number of nitrogens with zero attached hydrogens (tertiary/aromatic N) is 2. The number of rotatable bonds is 0. The summed E-state index contributed by atoms with van der Waals surface area (Å²) in [4.78, 5) is 16.0. The van der Waals surface area contributed by atoms with Gasteiger partial charge in [0, 0.05) is 12.3 Å². The van der Waals surface area contributed by atoms with Crippen LogP contribution in [0.2, 0.25) is 0 Å². The molecule has 2 aromatic rings. The van der Waals surface area contributed by atoms with Crippen molar-refractivity contribution < 1.29 is 4.74 Å². The number of nitrogens with one attached hydrogen (secondary N) is 1. The second kappa shape index (κ2) is 2.20. The van der Waals surface area contributed by atoms with E-state index in [0.29, 0.717) is 24.4 Å². The maximum absolute atomic E-state index is 11.7. The van der Waals surface area contributed by atoms with Gasteiger partial charge in [0.05, 0.1) is 24.5 Å². The molecule has 0 fully saturated rings. The molecule has 5 heteroatoms. The molecule has 0 saturated heterocycles. The fraction of sp³-hybridized carbons (Fsp3) is 0.250. The third-order valence-corrected chi connectivity index (χ3v) is 2.21. The van der Waals surface area contributed by atoms with Crippen molar-refractivity contribution >= 4 is 5.65 Å². The van der Waals surface area contributed by atoms with E-state index in [1.165, 1.54) is 4.52 Å². The molecule has 0 amide bonds. The summed E-state index contributed by atoms with van der Waals surface area (Å²) in [5.74, 6) is 0. The lowest BCUT2D eigenvalue weighted by atomic mass is 10.3. The van der Waals surface area contributed by atoms with Gasteiger partial charge in [0.1, 0.15) is 0 Å². The minimum absolute atomic E-state index is 0.0532. The summed E-state index contributed by atoms with van der Waals surface area (Å²) in [6.07, 6.45) is 1.69. The SMILES string of the molecule is O=c1c2c(nc3cc[nH]n13)COC2. The maximum Gasteiger partial charge on any atom is 0.278 e. The van der Waals surface area contributed by atoms with Gasteiger partial charge in [-0.2, -0.15) is 0 Å². The summed E-state index contributed by atoms with van der Waals surface area (Å²) in [5.41, 5.74) is 2.03. The van der Waals surface area contributed by atoms with Crippen molar-refractivity contribution in [2.24, 2.45) is 0 Å². The molecule has 5 nitrogen and oxygen atoms in total. The summed E-state index contributed by atoms with van der Waals surface area (Å²) in [5, 5.41) is 2.80. The van der Waals surface area contributed by atoms with Crippen molar-refractivity contribution in [1.29, 1.82) is 0 Å². The zero-order chi connectivity index (χ0) is 8.84. The average Bonchev–Trinajstić information content (AvgIpc) is 2.71. The van der Waals surface area contributed by atoms with Gasteiger partial charge < -0.3 is 4.74 Å². The Kier molecular flexibility index (Phi) is 1.16. The molecule has 2 aromatic heterocycles. The van der Waals surface area contributed by atoms with Crippen molar-refractivity contribution in [3.63, 3.8) is 0 Å². The molecule has 3 rings (SSSR count). The van der Waals surface area contributed by atoms with E-state index < -0.39 is 0 Å². The van der Waals surface area contributed by atoms with E-state index in [1.807, 2.05) is 0 Å². The van der Waals surface area contributed by atoms with Gasteiger partial charge in [-0.05, 0) is 0 Å². The Balaban J connectivity index is 2.53. The number of H-pyrrole nitrogens is 1. The van der Waals surface area contributed by atoms with Gasteiger partial charge in [-0.3, -0.25) is 9.89 Å². The summed E-state index contributed by atoms with van der Waals surface area (Å²) < 4.78 is 6.57. The van der Waals surface area contributed by atoms with E-state index in [0.717, 1.165) is 5.69 Å². The van der Waals surface area contributed by atoms with Crippen LogP contribution in [-0.2, 0) is 18.0 Å². The third kappa shape index (κ3) is 0.790. The highest BCUT2D eigenvalue weighted by Gasteiger charge is 2.18. The zero-order valence-corrected chi connectivity index (χ0v) is 6.78. The maximum atomic E-state index is 11.7. The largest absolute Gasteiger partial charge is 0.370 e. The fourth-order valence-electron chi connectivity index (χ4n) is 1.56. The van der Waals surface area contributed by atoms with E-state index in [1.54, 1.807) is 12.3 Å². The quantitative estimate of drug-likeness (QED) is 0.618. The number of hydrogen-bond acceptors (Lipinski definition) is 3. The molecule has 3 heterocycles. The smallest absolute Gasteiger partial charge is 0.278 e. The molecule has 0 radical (unpaired) electrons. The highest BCUT2D eigenvalue weighted by Crippen LogP contribution is 2.13. The number of hydrogen-bond donors (Lipinski definition) is 1. The number of aromatic amines is 1. The first-order valence-corrected chi connectivity index (χ1v) is 4.02. The van der Waals surface area contributed by atoms with Gasteiger partial charge in [-0.25, -0.2) is 9.50 Å². The van der Waals surface area contributed by atoms with Gasteiger partial charge in [0.15, 0.2) is 5.65 Å². The number of ether oxygens (including phenoxy) is 1. The summed E-state index contributed by atoms with van der Waals surface area (Å²) in [6.45, 7) is 0.829. The normalized spacial score (nSPS) is 15.1. The Morgan fingerprint density at radius 2 is 2.46 bits per heavy atom. The summed E-state index contributed by atoms with van der Waals surface area (Å²) >= 11 is 0. The Labute approximate surface area is 73.0 Å². The van der Waals surface area contributed by atoms with E-state index in [2.05, 4.69) is 10.1 Å². The topological polar surface area (TPSA) is 59.4 Å². The molecule has 0 unspecified atom stereocenters. The van der Waals surface area contributed by atoms with Crippen molar-refractivity contribution in [2.45, 2.75) is 13.2 Å². The lowest BCUT2D eigenvalue weighted by Gasteiger charge is -1.96. The van der Waals surface area contributed by atoms with Crippen molar-refractivity contribution in [3.8, 4) is 0 Å². The fourth-order valence-corrected chi connectivity index (χ4v) is 1.56. The monoisotopic (exact) mass is 177 g/mol. The Bertz CT molecular complexity index is 526. The van der Waals surface area contributed by atoms with E-state index in [4.69, 9.17) is 4.74 Å². The van der Waals surface area contributed by atoms with Crippen LogP contribution in [0.25, 0.3) is 5.65 Å². The van der Waals surface area contributed by atoms with Crippen LogP contribution in [0.3, 0.4) is 0 Å². The summed E-state index contributed by atoms with van der Waals surface area (Å²) in [7, 11) is 0. The minimum Gasteiger partial charge on any atom is -0.370 e. The van der Waals surface area contributed by atoms with Crippen LogP contribution in [0.15, 0.2) is 17.1 Å². The molecule has 0 aliphatic carbocycles. The van der Waals surface area contributed by atoms with Crippen LogP contribution in [-0.4, -0.2) is 14.6 Å². The molecule has 0 saturated carbocycles. The molecule has 1 aliphatic rings. The highest BCUT2D eigenvalue weighted by atomic mass is 16.5. The first-order chi connectivity index (χ1) is 6.36. The molecule has 0 atom stereocenters. The predicted octanol–water partition coefficient (Wildman–Crippen LogP) is 0.0528. The Morgan fingerprint density at radius 3 is 3.38 bits per heavy atom. The van der Waals surface area contributed by atoms with Crippen LogP contribution in [0.4, 0.5) is 0 Å². The second-order valence-electron chi connectivity index (χ2n) is 2.99. The van der Waals surface area contributed by atoms with Crippen molar-refractivity contribution in [1.82, 2.24) is 14.6 Å². The van der Waals surface area contributed by atoms with Crippen LogP contribution in [0, 0.1) is 0 Å². The molecule has 0 spiro atoms. The second-order valence-corrected chi connectivity index (χ2v) is 2.99. The molecule has 0 aromatic carbocycles. The van der Waals surface area contributed by atoms with Crippen LogP contribution >= 0.6 is 0 Å². The van der Waals surface area contributed by atoms with E-state index >= 15 is 0 Å². The molecular formula is C8H7N3O2. The number of fused-ring (bicyclic) bond motifs is 2. The lowest BCUT2D eigenvalue weighted by Crippen LogP contribution is -2.19. The Hall–Kier alpha value is -1.62. The van der Waals surface area contributed by atoms with E-state index in [-0.39, 0.29) is 5.56 Å². The molecule has 66 valence electrons. The van der Waals surface area contributed by atoms with Crippen LogP contribution < -0.4 is 5.56 Å². The van der Waals surface area contributed by atoms with Gasteiger partial charge in [0.25, 0.3) is 5.56 Å². The van der Waals surface area contributed by atoms with Crippen molar-refractivity contribution in [2.75, 3.05) is 0 Å². The standard InChI is InChI=1S/C8H7N3O2/c12-8-5-3-13-4-6(5)10-7-1-2-9-11(7)8/h1-2,9H,3-4H2. The highest BCUT2D eigenvalue weighted by molar-refractivity contribution is 5.39. The Morgan fingerprint density at radius 1 is 1.54 bits per heavy atom. The van der Waals surface area contributed by atoms with Gasteiger partial charge >= 0.3 is 0 Å². The molecular weight excluding hydrogens is 170 g/mol. The zero-order valence-electron chi connectivity index (χ0n) is 6.78.